The Bertz CT molecular complexity index is 982. The van der Waals surface area contributed by atoms with Crippen molar-refractivity contribution < 1.29 is 29.1 Å². The lowest BCUT2D eigenvalue weighted by atomic mass is 9.95. The van der Waals surface area contributed by atoms with Crippen molar-refractivity contribution in [1.82, 2.24) is 4.90 Å². The summed E-state index contributed by atoms with van der Waals surface area (Å²) < 4.78 is 10.5. The van der Waals surface area contributed by atoms with E-state index in [0.717, 1.165) is 13.0 Å². The lowest BCUT2D eigenvalue weighted by molar-refractivity contribution is -0.858. The van der Waals surface area contributed by atoms with Crippen LogP contribution in [0.3, 0.4) is 0 Å². The maximum absolute atomic E-state index is 13.0. The lowest BCUT2D eigenvalue weighted by Crippen LogP contribution is -3.05. The molecule has 7 heteroatoms. The van der Waals surface area contributed by atoms with E-state index < -0.39 is 17.7 Å². The molecule has 164 valence electrons. The van der Waals surface area contributed by atoms with E-state index in [9.17, 15) is 14.7 Å². The minimum absolute atomic E-state index is 0.0839. The van der Waals surface area contributed by atoms with Gasteiger partial charge in [0, 0.05) is 18.5 Å². The summed E-state index contributed by atoms with van der Waals surface area (Å²) in [7, 11) is 7.20. The number of carbonyl (C=O) groups excluding carboxylic acids is 2. The van der Waals surface area contributed by atoms with Crippen molar-refractivity contribution in [3.05, 3.63) is 65.2 Å². The molecular formula is C24H29N2O5+. The Hall–Kier alpha value is -3.32. The van der Waals surface area contributed by atoms with Crippen LogP contribution < -0.4 is 14.4 Å². The minimum Gasteiger partial charge on any atom is -0.507 e. The highest BCUT2D eigenvalue weighted by Crippen LogP contribution is 2.40. The van der Waals surface area contributed by atoms with E-state index in [4.69, 9.17) is 9.47 Å². The van der Waals surface area contributed by atoms with Gasteiger partial charge in [0.2, 0.25) is 0 Å². The Labute approximate surface area is 182 Å². The quantitative estimate of drug-likeness (QED) is 0.382. The average molecular weight is 426 g/mol. The van der Waals surface area contributed by atoms with Gasteiger partial charge < -0.3 is 24.4 Å². The standard InChI is InChI=1S/C24H28N2O5/c1-25(2)13-6-14-26-21(17-7-5-8-19(15-17)31-4)20(23(28)24(26)29)22(27)16-9-11-18(30-3)12-10-16/h5,7-12,15,21,27H,6,13-14H2,1-4H3/p+1/t21-/m0/s1. The van der Waals surface area contributed by atoms with Gasteiger partial charge in [0.1, 0.15) is 17.3 Å². The first-order chi connectivity index (χ1) is 14.9. The summed E-state index contributed by atoms with van der Waals surface area (Å²) in [5.74, 6) is -0.234. The number of hydrogen-bond donors (Lipinski definition) is 2. The smallest absolute Gasteiger partial charge is 0.295 e. The zero-order valence-corrected chi connectivity index (χ0v) is 18.3. The first-order valence-electron chi connectivity index (χ1n) is 10.2. The molecule has 31 heavy (non-hydrogen) atoms. The third-order valence-electron chi connectivity index (χ3n) is 5.39. The number of methoxy groups -OCH3 is 2. The van der Waals surface area contributed by atoms with Gasteiger partial charge in [-0.25, -0.2) is 0 Å². The maximum atomic E-state index is 13.0. The van der Waals surface area contributed by atoms with Gasteiger partial charge in [0.15, 0.2) is 0 Å². The van der Waals surface area contributed by atoms with Crippen LogP contribution in [0.25, 0.3) is 5.76 Å². The second-order valence-corrected chi connectivity index (χ2v) is 7.81. The number of nitrogens with zero attached hydrogens (tertiary/aromatic N) is 1. The molecule has 1 heterocycles. The number of likely N-dealkylation sites (tertiary alicyclic amines) is 1. The number of nitrogens with one attached hydrogen (secondary N) is 1. The second kappa shape index (κ2) is 9.66. The van der Waals surface area contributed by atoms with Crippen molar-refractivity contribution >= 4 is 17.4 Å². The van der Waals surface area contributed by atoms with Crippen molar-refractivity contribution in [2.24, 2.45) is 0 Å². The molecule has 0 saturated carbocycles. The van der Waals surface area contributed by atoms with Crippen molar-refractivity contribution in [3.8, 4) is 11.5 Å². The number of benzene rings is 2. The van der Waals surface area contributed by atoms with E-state index in [1.165, 1.54) is 4.90 Å². The molecule has 1 saturated heterocycles. The van der Waals surface area contributed by atoms with Gasteiger partial charge in [0.05, 0.1) is 46.5 Å². The normalized spacial score (nSPS) is 18.0. The zero-order valence-electron chi connectivity index (χ0n) is 18.3. The third-order valence-corrected chi connectivity index (χ3v) is 5.39. The molecule has 0 radical (unpaired) electrons. The van der Waals surface area contributed by atoms with Gasteiger partial charge in [-0.05, 0) is 42.0 Å². The van der Waals surface area contributed by atoms with Crippen LogP contribution in [-0.4, -0.2) is 63.1 Å². The molecule has 0 spiro atoms. The number of quaternary nitrogens is 1. The monoisotopic (exact) mass is 425 g/mol. The third kappa shape index (κ3) is 4.72. The van der Waals surface area contributed by atoms with Gasteiger partial charge >= 0.3 is 0 Å². The molecule has 7 nitrogen and oxygen atoms in total. The van der Waals surface area contributed by atoms with Crippen LogP contribution in [0.4, 0.5) is 0 Å². The van der Waals surface area contributed by atoms with Gasteiger partial charge in [0.25, 0.3) is 11.7 Å². The number of ketones is 1. The van der Waals surface area contributed by atoms with Crippen LogP contribution in [0.2, 0.25) is 0 Å². The van der Waals surface area contributed by atoms with Crippen molar-refractivity contribution in [3.63, 3.8) is 0 Å². The topological polar surface area (TPSA) is 80.5 Å². The van der Waals surface area contributed by atoms with Crippen LogP contribution in [0.15, 0.2) is 54.1 Å². The first-order valence-corrected chi connectivity index (χ1v) is 10.2. The molecule has 1 aliphatic rings. The van der Waals surface area contributed by atoms with Crippen molar-refractivity contribution in [2.75, 3.05) is 41.4 Å². The van der Waals surface area contributed by atoms with Gasteiger partial charge in [-0.2, -0.15) is 0 Å². The molecule has 0 aromatic heterocycles. The number of hydrogen-bond acceptors (Lipinski definition) is 5. The predicted molar refractivity (Wildman–Crippen MR) is 117 cm³/mol. The van der Waals surface area contributed by atoms with Crippen LogP contribution in [0.1, 0.15) is 23.6 Å². The molecule has 1 atom stereocenters. The molecular weight excluding hydrogens is 396 g/mol. The molecule has 3 rings (SSSR count). The summed E-state index contributed by atoms with van der Waals surface area (Å²) in [5.41, 5.74) is 1.25. The SMILES string of the molecule is COc1ccc(C(O)=C2C(=O)C(=O)N(CCC[NH+](C)C)[C@H]2c2cccc(OC)c2)cc1. The highest BCUT2D eigenvalue weighted by Gasteiger charge is 2.46. The van der Waals surface area contributed by atoms with Crippen molar-refractivity contribution in [2.45, 2.75) is 12.5 Å². The second-order valence-electron chi connectivity index (χ2n) is 7.81. The summed E-state index contributed by atoms with van der Waals surface area (Å²) in [4.78, 5) is 28.8. The Kier molecular flexibility index (Phi) is 6.97. The minimum atomic E-state index is -0.686. The summed E-state index contributed by atoms with van der Waals surface area (Å²) in [6.07, 6.45) is 0.735. The fourth-order valence-electron chi connectivity index (χ4n) is 3.78. The number of aliphatic hydroxyl groups is 1. The van der Waals surface area contributed by atoms with E-state index in [1.807, 2.05) is 26.2 Å². The summed E-state index contributed by atoms with van der Waals surface area (Å²) in [5, 5.41) is 11.1. The number of Topliss-reactive ketones (excluding diaryl/α,β-unsaturated/α-hetero) is 1. The van der Waals surface area contributed by atoms with E-state index in [2.05, 4.69) is 0 Å². The molecule has 2 aromatic carbocycles. The highest BCUT2D eigenvalue weighted by atomic mass is 16.5. The van der Waals surface area contributed by atoms with E-state index in [-0.39, 0.29) is 11.3 Å². The van der Waals surface area contributed by atoms with E-state index >= 15 is 0 Å². The summed E-state index contributed by atoms with van der Waals surface area (Å²) in [6.45, 7) is 1.27. The fourth-order valence-corrected chi connectivity index (χ4v) is 3.78. The number of carbonyl (C=O) groups is 2. The summed E-state index contributed by atoms with van der Waals surface area (Å²) >= 11 is 0. The first kappa shape index (κ1) is 22.4. The fraction of sp³-hybridized carbons (Fsp3) is 0.333. The van der Waals surface area contributed by atoms with Crippen LogP contribution in [0, 0.1) is 0 Å². The van der Waals surface area contributed by atoms with Crippen LogP contribution in [-0.2, 0) is 9.59 Å². The molecule has 1 amide bonds. The highest BCUT2D eigenvalue weighted by molar-refractivity contribution is 6.46. The molecule has 0 aliphatic carbocycles. The maximum Gasteiger partial charge on any atom is 0.295 e. The summed E-state index contributed by atoms with van der Waals surface area (Å²) in [6, 6.07) is 13.3. The van der Waals surface area contributed by atoms with Gasteiger partial charge in [-0.15, -0.1) is 0 Å². The molecule has 1 fully saturated rings. The van der Waals surface area contributed by atoms with Crippen LogP contribution in [0.5, 0.6) is 11.5 Å². The zero-order chi connectivity index (χ0) is 22.5. The molecule has 0 bridgehead atoms. The number of ether oxygens (including phenoxy) is 2. The Morgan fingerprint density at radius 2 is 1.71 bits per heavy atom. The predicted octanol–water partition coefficient (Wildman–Crippen LogP) is 1.66. The average Bonchev–Trinajstić information content (AvgIpc) is 3.03. The number of aliphatic hydroxyl groups excluding tert-OH is 1. The molecule has 0 unspecified atom stereocenters. The van der Waals surface area contributed by atoms with Crippen LogP contribution >= 0.6 is 0 Å². The van der Waals surface area contributed by atoms with Gasteiger partial charge in [-0.3, -0.25) is 9.59 Å². The Balaban J connectivity index is 2.09. The van der Waals surface area contributed by atoms with Crippen molar-refractivity contribution in [1.29, 1.82) is 0 Å². The lowest BCUT2D eigenvalue weighted by Gasteiger charge is -2.25. The molecule has 2 N–H and O–H groups in total. The van der Waals surface area contributed by atoms with Gasteiger partial charge in [-0.1, -0.05) is 12.1 Å². The largest absolute Gasteiger partial charge is 0.507 e. The molecule has 2 aromatic rings. The number of amides is 1. The molecule has 1 aliphatic heterocycles. The Morgan fingerprint density at radius 3 is 2.32 bits per heavy atom. The van der Waals surface area contributed by atoms with E-state index in [1.54, 1.807) is 55.5 Å². The Morgan fingerprint density at radius 1 is 1.03 bits per heavy atom. The van der Waals surface area contributed by atoms with E-state index in [0.29, 0.717) is 29.2 Å². The number of rotatable bonds is 8.